The Labute approximate surface area is 83.5 Å². The minimum Gasteiger partial charge on any atom is -0.382 e. The van der Waals surface area contributed by atoms with Crippen molar-refractivity contribution in [2.45, 2.75) is 18.9 Å². The Bertz CT molecular complexity index is 314. The van der Waals surface area contributed by atoms with E-state index in [0.717, 1.165) is 13.0 Å². The molecule has 1 aliphatic rings. The summed E-state index contributed by atoms with van der Waals surface area (Å²) in [5, 5.41) is 10.4. The van der Waals surface area contributed by atoms with E-state index in [1.54, 1.807) is 6.20 Å². The molecule has 1 aromatic heterocycles. The zero-order valence-electron chi connectivity index (χ0n) is 8.60. The first-order valence-electron chi connectivity index (χ1n) is 4.90. The Kier molecular flexibility index (Phi) is 2.33. The van der Waals surface area contributed by atoms with Crippen molar-refractivity contribution in [3.63, 3.8) is 0 Å². The standard InChI is InChI=1S/C10H16N2O2/c1-10(13,8-3-6-14-7-8)9-11-4-5-12(9)2/h4-5,8,13H,3,6-7H2,1-2H3. The molecule has 0 aliphatic carbocycles. The Morgan fingerprint density at radius 2 is 2.50 bits per heavy atom. The summed E-state index contributed by atoms with van der Waals surface area (Å²) in [6, 6.07) is 0. The highest BCUT2D eigenvalue weighted by Crippen LogP contribution is 2.33. The smallest absolute Gasteiger partial charge is 0.140 e. The maximum Gasteiger partial charge on any atom is 0.140 e. The van der Waals surface area contributed by atoms with Crippen molar-refractivity contribution in [2.24, 2.45) is 13.0 Å². The number of imidazole rings is 1. The molecule has 14 heavy (non-hydrogen) atoms. The number of hydrogen-bond acceptors (Lipinski definition) is 3. The van der Waals surface area contributed by atoms with Gasteiger partial charge < -0.3 is 14.4 Å². The first kappa shape index (κ1) is 9.68. The highest BCUT2D eigenvalue weighted by Gasteiger charge is 2.39. The van der Waals surface area contributed by atoms with Crippen LogP contribution in [-0.2, 0) is 17.4 Å². The minimum atomic E-state index is -0.880. The second kappa shape index (κ2) is 3.37. The predicted octanol–water partition coefficient (Wildman–Crippen LogP) is 0.664. The molecule has 0 radical (unpaired) electrons. The Balaban J connectivity index is 2.26. The van der Waals surface area contributed by atoms with E-state index in [1.165, 1.54) is 0 Å². The zero-order chi connectivity index (χ0) is 10.2. The number of rotatable bonds is 2. The highest BCUT2D eigenvalue weighted by atomic mass is 16.5. The first-order chi connectivity index (χ1) is 6.62. The highest BCUT2D eigenvalue weighted by molar-refractivity contribution is 5.05. The summed E-state index contributed by atoms with van der Waals surface area (Å²) in [7, 11) is 1.90. The monoisotopic (exact) mass is 196 g/mol. The van der Waals surface area contributed by atoms with Crippen molar-refractivity contribution >= 4 is 0 Å². The van der Waals surface area contributed by atoms with Crippen molar-refractivity contribution in [3.05, 3.63) is 18.2 Å². The molecule has 0 saturated carbocycles. The molecule has 0 aromatic carbocycles. The van der Waals surface area contributed by atoms with Gasteiger partial charge >= 0.3 is 0 Å². The van der Waals surface area contributed by atoms with Crippen LogP contribution in [0.1, 0.15) is 19.2 Å². The number of aromatic nitrogens is 2. The molecule has 4 heteroatoms. The van der Waals surface area contributed by atoms with Crippen LogP contribution in [0.5, 0.6) is 0 Å². The van der Waals surface area contributed by atoms with Gasteiger partial charge in [0, 0.05) is 32.0 Å². The van der Waals surface area contributed by atoms with Crippen LogP contribution in [0.2, 0.25) is 0 Å². The Morgan fingerprint density at radius 3 is 3.00 bits per heavy atom. The Morgan fingerprint density at radius 1 is 1.71 bits per heavy atom. The molecule has 4 nitrogen and oxygen atoms in total. The average molecular weight is 196 g/mol. The third-order valence-electron chi connectivity index (χ3n) is 3.00. The molecule has 78 valence electrons. The molecule has 1 saturated heterocycles. The normalized spacial score (nSPS) is 26.4. The van der Waals surface area contributed by atoms with Gasteiger partial charge in [0.15, 0.2) is 0 Å². The summed E-state index contributed by atoms with van der Waals surface area (Å²) in [6.07, 6.45) is 4.46. The van der Waals surface area contributed by atoms with Crippen LogP contribution >= 0.6 is 0 Å². The lowest BCUT2D eigenvalue weighted by atomic mass is 9.88. The van der Waals surface area contributed by atoms with E-state index in [0.29, 0.717) is 12.4 Å². The quantitative estimate of drug-likeness (QED) is 0.756. The van der Waals surface area contributed by atoms with Crippen LogP contribution in [0.4, 0.5) is 0 Å². The first-order valence-corrected chi connectivity index (χ1v) is 4.90. The largest absolute Gasteiger partial charge is 0.382 e. The maximum atomic E-state index is 10.4. The van der Waals surface area contributed by atoms with Crippen LogP contribution in [0.15, 0.2) is 12.4 Å². The number of aliphatic hydroxyl groups is 1. The summed E-state index contributed by atoms with van der Waals surface area (Å²) in [4.78, 5) is 4.19. The molecule has 0 spiro atoms. The molecule has 1 N–H and O–H groups in total. The van der Waals surface area contributed by atoms with Gasteiger partial charge in [-0.25, -0.2) is 4.98 Å². The minimum absolute atomic E-state index is 0.156. The zero-order valence-corrected chi connectivity index (χ0v) is 8.60. The average Bonchev–Trinajstić information content (AvgIpc) is 2.72. The molecule has 1 aliphatic heterocycles. The van der Waals surface area contributed by atoms with Gasteiger partial charge in [-0.3, -0.25) is 0 Å². The molecular formula is C10H16N2O2. The molecular weight excluding hydrogens is 180 g/mol. The van der Waals surface area contributed by atoms with E-state index < -0.39 is 5.60 Å². The van der Waals surface area contributed by atoms with Crippen LogP contribution in [0, 0.1) is 5.92 Å². The van der Waals surface area contributed by atoms with Gasteiger partial charge in [-0.05, 0) is 13.3 Å². The van der Waals surface area contributed by atoms with E-state index in [4.69, 9.17) is 4.74 Å². The van der Waals surface area contributed by atoms with Crippen molar-refractivity contribution in [2.75, 3.05) is 13.2 Å². The summed E-state index contributed by atoms with van der Waals surface area (Å²) in [5.74, 6) is 0.872. The van der Waals surface area contributed by atoms with Crippen LogP contribution in [0.3, 0.4) is 0 Å². The molecule has 1 fully saturated rings. The number of ether oxygens (including phenoxy) is 1. The molecule has 2 rings (SSSR count). The SMILES string of the molecule is Cn1ccnc1C(C)(O)C1CCOC1. The third-order valence-corrected chi connectivity index (χ3v) is 3.00. The summed E-state index contributed by atoms with van der Waals surface area (Å²) >= 11 is 0. The van der Waals surface area contributed by atoms with E-state index in [2.05, 4.69) is 4.98 Å². The topological polar surface area (TPSA) is 47.3 Å². The molecule has 0 bridgehead atoms. The van der Waals surface area contributed by atoms with Crippen LogP contribution in [-0.4, -0.2) is 27.9 Å². The second-order valence-electron chi connectivity index (χ2n) is 4.07. The van der Waals surface area contributed by atoms with Gasteiger partial charge in [0.05, 0.1) is 6.61 Å². The lowest BCUT2D eigenvalue weighted by Crippen LogP contribution is -2.34. The van der Waals surface area contributed by atoms with E-state index in [1.807, 2.05) is 24.7 Å². The summed E-state index contributed by atoms with van der Waals surface area (Å²) in [5.41, 5.74) is -0.880. The van der Waals surface area contributed by atoms with Crippen LogP contribution < -0.4 is 0 Å². The van der Waals surface area contributed by atoms with Gasteiger partial charge in [0.1, 0.15) is 11.4 Å². The van der Waals surface area contributed by atoms with Gasteiger partial charge in [-0.15, -0.1) is 0 Å². The fourth-order valence-corrected chi connectivity index (χ4v) is 2.01. The predicted molar refractivity (Wildman–Crippen MR) is 51.7 cm³/mol. The van der Waals surface area contributed by atoms with Crippen molar-refractivity contribution < 1.29 is 9.84 Å². The molecule has 0 amide bonds. The summed E-state index contributed by atoms with van der Waals surface area (Å²) in [6.45, 7) is 3.18. The van der Waals surface area contributed by atoms with Gasteiger partial charge in [0.2, 0.25) is 0 Å². The lowest BCUT2D eigenvalue weighted by molar-refractivity contribution is -0.0196. The van der Waals surface area contributed by atoms with Gasteiger partial charge in [-0.1, -0.05) is 0 Å². The number of hydrogen-bond donors (Lipinski definition) is 1. The van der Waals surface area contributed by atoms with Crippen molar-refractivity contribution in [1.29, 1.82) is 0 Å². The second-order valence-corrected chi connectivity index (χ2v) is 4.07. The van der Waals surface area contributed by atoms with Crippen molar-refractivity contribution in [3.8, 4) is 0 Å². The van der Waals surface area contributed by atoms with E-state index in [-0.39, 0.29) is 5.92 Å². The lowest BCUT2D eigenvalue weighted by Gasteiger charge is -2.28. The molecule has 2 heterocycles. The third kappa shape index (κ3) is 1.44. The van der Waals surface area contributed by atoms with Gasteiger partial charge in [0.25, 0.3) is 0 Å². The Hall–Kier alpha value is -0.870. The molecule has 2 unspecified atom stereocenters. The van der Waals surface area contributed by atoms with E-state index >= 15 is 0 Å². The van der Waals surface area contributed by atoms with Crippen LogP contribution in [0.25, 0.3) is 0 Å². The number of aryl methyl sites for hydroxylation is 1. The van der Waals surface area contributed by atoms with Gasteiger partial charge in [-0.2, -0.15) is 0 Å². The molecule has 1 aromatic rings. The fraction of sp³-hybridized carbons (Fsp3) is 0.700. The van der Waals surface area contributed by atoms with E-state index in [9.17, 15) is 5.11 Å². The van der Waals surface area contributed by atoms with Crippen molar-refractivity contribution in [1.82, 2.24) is 9.55 Å². The summed E-state index contributed by atoms with van der Waals surface area (Å²) < 4.78 is 7.14. The fourth-order valence-electron chi connectivity index (χ4n) is 2.01. The maximum absolute atomic E-state index is 10.4. The molecule has 2 atom stereocenters. The number of nitrogens with zero attached hydrogens (tertiary/aromatic N) is 2.